The predicted molar refractivity (Wildman–Crippen MR) is 133 cm³/mol. The molecule has 3 amide bonds. The van der Waals surface area contributed by atoms with Crippen molar-refractivity contribution in [2.45, 2.75) is 25.7 Å². The fraction of sp³-hybridized carbons (Fsp3) is 0.250. The third-order valence-electron chi connectivity index (χ3n) is 4.92. The summed E-state index contributed by atoms with van der Waals surface area (Å²) in [5, 5.41) is 0. The molecule has 0 aromatic heterocycles. The first kappa shape index (κ1) is 24.5. The van der Waals surface area contributed by atoms with Crippen LogP contribution in [0.15, 0.2) is 59.5 Å². The van der Waals surface area contributed by atoms with Gasteiger partial charge >= 0.3 is 0 Å². The van der Waals surface area contributed by atoms with Crippen molar-refractivity contribution in [3.63, 3.8) is 0 Å². The molecule has 1 aliphatic rings. The number of nitrogens with zero attached hydrogens (tertiary/aromatic N) is 1. The summed E-state index contributed by atoms with van der Waals surface area (Å²) in [5.74, 6) is 0.0439. The first-order valence-electron chi connectivity index (χ1n) is 10.5. The van der Waals surface area contributed by atoms with E-state index >= 15 is 0 Å². The lowest BCUT2D eigenvalue weighted by molar-refractivity contribution is -0.123. The molecule has 172 valence electrons. The predicted octanol–water partition coefficient (Wildman–Crippen LogP) is 3.92. The highest BCUT2D eigenvalue weighted by Crippen LogP contribution is 2.33. The zero-order chi connectivity index (χ0) is 23.6. The van der Waals surface area contributed by atoms with Crippen LogP contribution in [0.4, 0.5) is 0 Å². The van der Waals surface area contributed by atoms with Crippen LogP contribution in [-0.2, 0) is 9.59 Å². The maximum Gasteiger partial charge on any atom is 0.269 e. The summed E-state index contributed by atoms with van der Waals surface area (Å²) in [6.07, 6.45) is 4.24. The van der Waals surface area contributed by atoms with Crippen molar-refractivity contribution in [1.82, 2.24) is 15.8 Å². The smallest absolute Gasteiger partial charge is 0.269 e. The molecule has 3 rings (SSSR count). The molecule has 2 aromatic rings. The number of thiocarbonyl (C=S) groups is 1. The fourth-order valence-electron chi connectivity index (χ4n) is 3.13. The summed E-state index contributed by atoms with van der Waals surface area (Å²) < 4.78 is 5.69. The third-order valence-corrected chi connectivity index (χ3v) is 6.30. The van der Waals surface area contributed by atoms with Crippen molar-refractivity contribution in [1.29, 1.82) is 0 Å². The quantitative estimate of drug-likeness (QED) is 0.243. The second-order valence-corrected chi connectivity index (χ2v) is 8.96. The molecule has 1 saturated heterocycles. The van der Waals surface area contributed by atoms with Gasteiger partial charge in [0.15, 0.2) is 0 Å². The molecular formula is C24H25N3O4S2. The van der Waals surface area contributed by atoms with E-state index < -0.39 is 0 Å². The SMILES string of the molecule is COc1ccc(/C=C2\SC(=S)N(CCCCCC(=O)NNC(=O)c3ccccc3)C2=O)cc1. The van der Waals surface area contributed by atoms with E-state index in [9.17, 15) is 14.4 Å². The zero-order valence-electron chi connectivity index (χ0n) is 18.2. The number of hydrogen-bond donors (Lipinski definition) is 2. The van der Waals surface area contributed by atoms with E-state index in [0.717, 1.165) is 24.2 Å². The van der Waals surface area contributed by atoms with Gasteiger partial charge in [0.1, 0.15) is 10.1 Å². The van der Waals surface area contributed by atoms with Crippen molar-refractivity contribution in [2.24, 2.45) is 0 Å². The highest BCUT2D eigenvalue weighted by Gasteiger charge is 2.31. The summed E-state index contributed by atoms with van der Waals surface area (Å²) >= 11 is 6.67. The standard InChI is InChI=1S/C24H25N3O4S2/c1-31-19-13-11-17(12-14-19)16-20-23(30)27(24(32)33-20)15-7-3-6-10-21(28)25-26-22(29)18-8-4-2-5-9-18/h2,4-5,8-9,11-14,16H,3,6-7,10,15H2,1H3,(H,25,28)(H,26,29)/b20-16-. The third kappa shape index (κ3) is 7.16. The van der Waals surface area contributed by atoms with Crippen LogP contribution in [0.3, 0.4) is 0 Å². The number of unbranched alkanes of at least 4 members (excludes halogenated alkanes) is 2. The summed E-state index contributed by atoms with van der Waals surface area (Å²) in [6, 6.07) is 16.1. The second kappa shape index (κ2) is 12.2. The Balaban J connectivity index is 1.36. The molecule has 0 atom stereocenters. The molecule has 2 N–H and O–H groups in total. The van der Waals surface area contributed by atoms with Crippen LogP contribution in [0.1, 0.15) is 41.6 Å². The molecule has 0 spiro atoms. The van der Waals surface area contributed by atoms with Gasteiger partial charge in [-0.15, -0.1) is 0 Å². The van der Waals surface area contributed by atoms with Crippen molar-refractivity contribution < 1.29 is 19.1 Å². The van der Waals surface area contributed by atoms with Gasteiger partial charge in [0.25, 0.3) is 11.8 Å². The largest absolute Gasteiger partial charge is 0.497 e. The monoisotopic (exact) mass is 483 g/mol. The van der Waals surface area contributed by atoms with E-state index in [-0.39, 0.29) is 24.1 Å². The average Bonchev–Trinajstić information content (AvgIpc) is 3.10. The molecule has 0 bridgehead atoms. The maximum absolute atomic E-state index is 12.7. The van der Waals surface area contributed by atoms with E-state index in [1.54, 1.807) is 36.3 Å². The Morgan fingerprint density at radius 2 is 1.76 bits per heavy atom. The van der Waals surface area contributed by atoms with Crippen molar-refractivity contribution in [2.75, 3.05) is 13.7 Å². The van der Waals surface area contributed by atoms with Gasteiger partial charge in [-0.3, -0.25) is 30.1 Å². The minimum Gasteiger partial charge on any atom is -0.497 e. The normalized spacial score (nSPS) is 14.5. The lowest BCUT2D eigenvalue weighted by atomic mass is 10.1. The van der Waals surface area contributed by atoms with Crippen LogP contribution in [0.5, 0.6) is 5.75 Å². The Morgan fingerprint density at radius 1 is 1.03 bits per heavy atom. The number of amides is 3. The van der Waals surface area contributed by atoms with E-state index in [2.05, 4.69) is 10.9 Å². The summed E-state index contributed by atoms with van der Waals surface area (Å²) in [5.41, 5.74) is 6.20. The van der Waals surface area contributed by atoms with Gasteiger partial charge in [-0.05, 0) is 48.7 Å². The molecule has 0 unspecified atom stereocenters. The molecule has 7 nitrogen and oxygen atoms in total. The van der Waals surface area contributed by atoms with Gasteiger partial charge in [-0.1, -0.05) is 60.7 Å². The number of hydrazine groups is 1. The number of thioether (sulfide) groups is 1. The number of nitrogens with one attached hydrogen (secondary N) is 2. The Morgan fingerprint density at radius 3 is 2.45 bits per heavy atom. The minimum absolute atomic E-state index is 0.0952. The Kier molecular flexibility index (Phi) is 9.03. The molecule has 0 radical (unpaired) electrons. The molecule has 1 fully saturated rings. The van der Waals surface area contributed by atoms with Gasteiger partial charge < -0.3 is 4.74 Å². The van der Waals surface area contributed by atoms with Gasteiger partial charge in [0, 0.05) is 18.5 Å². The van der Waals surface area contributed by atoms with Crippen LogP contribution >= 0.6 is 24.0 Å². The van der Waals surface area contributed by atoms with Crippen molar-refractivity contribution >= 4 is 52.1 Å². The number of rotatable bonds is 9. The molecule has 1 aliphatic heterocycles. The van der Waals surface area contributed by atoms with Crippen LogP contribution in [0.2, 0.25) is 0 Å². The van der Waals surface area contributed by atoms with Gasteiger partial charge in [0.2, 0.25) is 5.91 Å². The average molecular weight is 484 g/mol. The Labute approximate surface area is 202 Å². The first-order valence-corrected chi connectivity index (χ1v) is 11.7. The Bertz CT molecular complexity index is 1040. The lowest BCUT2D eigenvalue weighted by Crippen LogP contribution is -2.41. The molecule has 2 aromatic carbocycles. The highest BCUT2D eigenvalue weighted by molar-refractivity contribution is 8.26. The van der Waals surface area contributed by atoms with E-state index in [1.807, 2.05) is 36.4 Å². The topological polar surface area (TPSA) is 87.7 Å². The number of ether oxygens (including phenoxy) is 1. The molecule has 0 saturated carbocycles. The number of methoxy groups -OCH3 is 1. The van der Waals surface area contributed by atoms with Gasteiger partial charge in [0.05, 0.1) is 12.0 Å². The van der Waals surface area contributed by atoms with E-state index in [4.69, 9.17) is 17.0 Å². The number of benzene rings is 2. The zero-order valence-corrected chi connectivity index (χ0v) is 19.8. The Hall–Kier alpha value is -3.17. The summed E-state index contributed by atoms with van der Waals surface area (Å²) in [4.78, 5) is 38.8. The molecular weight excluding hydrogens is 458 g/mol. The number of hydrogen-bond acceptors (Lipinski definition) is 6. The van der Waals surface area contributed by atoms with Crippen LogP contribution in [-0.4, -0.2) is 40.6 Å². The number of carbonyl (C=O) groups is 3. The molecule has 1 heterocycles. The van der Waals surface area contributed by atoms with Crippen molar-refractivity contribution in [3.8, 4) is 5.75 Å². The molecule has 33 heavy (non-hydrogen) atoms. The van der Waals surface area contributed by atoms with Crippen LogP contribution in [0, 0.1) is 0 Å². The second-order valence-electron chi connectivity index (χ2n) is 7.29. The molecule has 9 heteroatoms. The van der Waals surface area contributed by atoms with Crippen molar-refractivity contribution in [3.05, 3.63) is 70.6 Å². The number of carbonyl (C=O) groups excluding carboxylic acids is 3. The lowest BCUT2D eigenvalue weighted by Gasteiger charge is -2.14. The molecule has 0 aliphatic carbocycles. The summed E-state index contributed by atoms with van der Waals surface area (Å²) in [7, 11) is 1.61. The van der Waals surface area contributed by atoms with Gasteiger partial charge in [-0.2, -0.15) is 0 Å². The van der Waals surface area contributed by atoms with E-state index in [0.29, 0.717) is 27.8 Å². The van der Waals surface area contributed by atoms with Crippen LogP contribution in [0.25, 0.3) is 6.08 Å². The minimum atomic E-state index is -0.360. The highest BCUT2D eigenvalue weighted by atomic mass is 32.2. The van der Waals surface area contributed by atoms with E-state index in [1.165, 1.54) is 11.8 Å². The fourth-order valence-corrected chi connectivity index (χ4v) is 4.44. The van der Waals surface area contributed by atoms with Gasteiger partial charge in [-0.25, -0.2) is 0 Å². The maximum atomic E-state index is 12.7. The first-order chi connectivity index (χ1) is 16.0. The van der Waals surface area contributed by atoms with Crippen LogP contribution < -0.4 is 15.6 Å². The summed E-state index contributed by atoms with van der Waals surface area (Å²) in [6.45, 7) is 0.511.